The van der Waals surface area contributed by atoms with Crippen LogP contribution in [0.1, 0.15) is 18.1 Å². The first kappa shape index (κ1) is 19.1. The average molecular weight is 408 g/mol. The van der Waals surface area contributed by atoms with Gasteiger partial charge in [0.05, 0.1) is 12.8 Å². The fraction of sp³-hybridized carbons (Fsp3) is 0.182. The Hall–Kier alpha value is -3.19. The number of fused-ring (bicyclic) bond motifs is 1. The molecule has 0 saturated carbocycles. The van der Waals surface area contributed by atoms with Crippen molar-refractivity contribution in [2.24, 2.45) is 0 Å². The number of aromatic hydroxyl groups is 1. The van der Waals surface area contributed by atoms with Gasteiger partial charge in [0, 0.05) is 41.7 Å². The number of ether oxygens (including phenoxy) is 1. The molecule has 0 saturated heterocycles. The summed E-state index contributed by atoms with van der Waals surface area (Å²) in [4.78, 5) is 16.5. The predicted molar refractivity (Wildman–Crippen MR) is 113 cm³/mol. The second kappa shape index (κ2) is 8.05. The Labute approximate surface area is 171 Å². The lowest BCUT2D eigenvalue weighted by Gasteiger charge is -2.10. The van der Waals surface area contributed by atoms with Crippen molar-refractivity contribution in [1.29, 1.82) is 0 Å². The summed E-state index contributed by atoms with van der Waals surface area (Å²) < 4.78 is 12.6. The number of hydrogen-bond donors (Lipinski definition) is 1. The van der Waals surface area contributed by atoms with Crippen LogP contribution in [-0.4, -0.2) is 21.8 Å². The van der Waals surface area contributed by atoms with Gasteiger partial charge in [-0.2, -0.15) is 0 Å². The molecule has 148 valence electrons. The van der Waals surface area contributed by atoms with Crippen LogP contribution in [0.2, 0.25) is 0 Å². The molecule has 4 rings (SSSR count). The number of nitrogens with zero attached hydrogens (tertiary/aromatic N) is 2. The summed E-state index contributed by atoms with van der Waals surface area (Å²) in [6.07, 6.45) is 4.32. The molecule has 0 radical (unpaired) electrons. The second-order valence-corrected chi connectivity index (χ2v) is 7.43. The molecule has 2 aromatic heterocycles. The molecule has 1 N–H and O–H groups in total. The summed E-state index contributed by atoms with van der Waals surface area (Å²) in [5.74, 6) is 1.45. The van der Waals surface area contributed by atoms with E-state index in [1.807, 2.05) is 48.0 Å². The van der Waals surface area contributed by atoms with E-state index < -0.39 is 5.63 Å². The number of methoxy groups -OCH3 is 1. The van der Waals surface area contributed by atoms with Crippen LogP contribution in [0.15, 0.2) is 69.2 Å². The molecule has 0 unspecified atom stereocenters. The van der Waals surface area contributed by atoms with E-state index in [9.17, 15) is 9.90 Å². The van der Waals surface area contributed by atoms with Crippen LogP contribution in [-0.2, 0) is 12.2 Å². The van der Waals surface area contributed by atoms with E-state index in [-0.39, 0.29) is 5.75 Å². The van der Waals surface area contributed by atoms with Crippen LogP contribution in [0.25, 0.3) is 16.7 Å². The van der Waals surface area contributed by atoms with Crippen LogP contribution >= 0.6 is 11.8 Å². The van der Waals surface area contributed by atoms with Crippen molar-refractivity contribution in [1.82, 2.24) is 9.55 Å². The molecule has 2 heterocycles. The van der Waals surface area contributed by atoms with E-state index in [4.69, 9.17) is 9.15 Å². The zero-order chi connectivity index (χ0) is 20.4. The number of aryl methyl sites for hydroxylation is 1. The summed E-state index contributed by atoms with van der Waals surface area (Å²) in [7, 11) is 1.64. The Balaban J connectivity index is 1.67. The van der Waals surface area contributed by atoms with Crippen LogP contribution in [0.5, 0.6) is 11.5 Å². The van der Waals surface area contributed by atoms with E-state index in [2.05, 4.69) is 4.98 Å². The maximum atomic E-state index is 12.0. The molecule has 2 aromatic carbocycles. The van der Waals surface area contributed by atoms with Gasteiger partial charge in [-0.05, 0) is 35.7 Å². The third-order valence-electron chi connectivity index (χ3n) is 4.71. The first-order chi connectivity index (χ1) is 14.1. The number of benzene rings is 2. The Morgan fingerprint density at radius 3 is 2.86 bits per heavy atom. The number of hydrogen-bond acceptors (Lipinski definition) is 6. The minimum Gasteiger partial charge on any atom is -0.508 e. The molecular formula is C22H20N2O4S. The number of phenols is 1. The molecule has 0 spiro atoms. The van der Waals surface area contributed by atoms with Crippen molar-refractivity contribution in [3.8, 4) is 17.2 Å². The molecule has 0 atom stereocenters. The molecule has 0 aliphatic carbocycles. The fourth-order valence-electron chi connectivity index (χ4n) is 3.21. The van der Waals surface area contributed by atoms with Gasteiger partial charge in [-0.25, -0.2) is 9.78 Å². The maximum Gasteiger partial charge on any atom is 0.336 e. The summed E-state index contributed by atoms with van der Waals surface area (Å²) in [5, 5.41) is 11.7. The molecule has 0 bridgehead atoms. The van der Waals surface area contributed by atoms with Gasteiger partial charge in [0.2, 0.25) is 0 Å². The Bertz CT molecular complexity index is 1230. The number of imidazole rings is 1. The minimum atomic E-state index is -0.437. The number of aromatic nitrogens is 2. The van der Waals surface area contributed by atoms with Crippen molar-refractivity contribution < 1.29 is 14.3 Å². The zero-order valence-corrected chi connectivity index (χ0v) is 16.9. The van der Waals surface area contributed by atoms with Crippen molar-refractivity contribution >= 4 is 22.7 Å². The standard InChI is InChI=1S/C22H20N2O4S/c1-3-14-9-18-15(10-21(26)28-20(18)12-19(14)25)13-29-22-23-7-8-24(22)16-5-4-6-17(11-16)27-2/h4-12,25H,3,13H2,1-2H3. The highest BCUT2D eigenvalue weighted by Gasteiger charge is 2.13. The van der Waals surface area contributed by atoms with Gasteiger partial charge in [-0.15, -0.1) is 0 Å². The molecule has 0 fully saturated rings. The second-order valence-electron chi connectivity index (χ2n) is 6.49. The van der Waals surface area contributed by atoms with Crippen molar-refractivity contribution in [3.63, 3.8) is 0 Å². The van der Waals surface area contributed by atoms with Crippen LogP contribution in [0, 0.1) is 0 Å². The highest BCUT2D eigenvalue weighted by molar-refractivity contribution is 7.98. The smallest absolute Gasteiger partial charge is 0.336 e. The van der Waals surface area contributed by atoms with Crippen molar-refractivity contribution in [2.75, 3.05) is 7.11 Å². The lowest BCUT2D eigenvalue weighted by molar-refractivity contribution is 0.414. The first-order valence-corrected chi connectivity index (χ1v) is 10.2. The van der Waals surface area contributed by atoms with Gasteiger partial charge in [-0.1, -0.05) is 24.8 Å². The number of thioether (sulfide) groups is 1. The van der Waals surface area contributed by atoms with Crippen molar-refractivity contribution in [2.45, 2.75) is 24.3 Å². The lowest BCUT2D eigenvalue weighted by atomic mass is 10.1. The Morgan fingerprint density at radius 1 is 1.21 bits per heavy atom. The fourth-order valence-corrected chi connectivity index (χ4v) is 4.17. The molecule has 29 heavy (non-hydrogen) atoms. The van der Waals surface area contributed by atoms with Gasteiger partial charge in [0.15, 0.2) is 5.16 Å². The normalized spacial score (nSPS) is 11.1. The monoisotopic (exact) mass is 408 g/mol. The summed E-state index contributed by atoms with van der Waals surface area (Å²) >= 11 is 1.52. The van der Waals surface area contributed by atoms with Crippen LogP contribution in [0.4, 0.5) is 0 Å². The third kappa shape index (κ3) is 3.86. The molecule has 0 amide bonds. The number of phenolic OH excluding ortho intramolecular Hbond substituents is 1. The van der Waals surface area contributed by atoms with E-state index in [0.29, 0.717) is 17.8 Å². The van der Waals surface area contributed by atoms with Gasteiger partial charge in [0.25, 0.3) is 0 Å². The van der Waals surface area contributed by atoms with Crippen LogP contribution in [0.3, 0.4) is 0 Å². The van der Waals surface area contributed by atoms with E-state index in [1.54, 1.807) is 13.3 Å². The summed E-state index contributed by atoms with van der Waals surface area (Å²) in [6.45, 7) is 1.97. The highest BCUT2D eigenvalue weighted by atomic mass is 32.2. The summed E-state index contributed by atoms with van der Waals surface area (Å²) in [5.41, 5.74) is 2.55. The third-order valence-corrected chi connectivity index (χ3v) is 5.72. The molecule has 6 nitrogen and oxygen atoms in total. The SMILES string of the molecule is CCc1cc2c(CSc3nccn3-c3cccc(OC)c3)cc(=O)oc2cc1O. The van der Waals surface area contributed by atoms with E-state index >= 15 is 0 Å². The Kier molecular flexibility index (Phi) is 5.31. The highest BCUT2D eigenvalue weighted by Crippen LogP contribution is 2.31. The topological polar surface area (TPSA) is 77.5 Å². The van der Waals surface area contributed by atoms with Gasteiger partial charge < -0.3 is 14.3 Å². The number of rotatable bonds is 6. The maximum absolute atomic E-state index is 12.0. The van der Waals surface area contributed by atoms with Gasteiger partial charge in [-0.3, -0.25) is 4.57 Å². The molecule has 0 aliphatic rings. The van der Waals surface area contributed by atoms with Crippen LogP contribution < -0.4 is 10.4 Å². The molecule has 7 heteroatoms. The molecule has 4 aromatic rings. The van der Waals surface area contributed by atoms with Crippen molar-refractivity contribution in [3.05, 3.63) is 76.4 Å². The largest absolute Gasteiger partial charge is 0.508 e. The average Bonchev–Trinajstić information content (AvgIpc) is 3.20. The van der Waals surface area contributed by atoms with E-state index in [0.717, 1.165) is 33.1 Å². The lowest BCUT2D eigenvalue weighted by Crippen LogP contribution is -2.01. The minimum absolute atomic E-state index is 0.140. The molecule has 0 aliphatic heterocycles. The molecular weight excluding hydrogens is 388 g/mol. The predicted octanol–water partition coefficient (Wildman–Crippen LogP) is 4.55. The van der Waals surface area contributed by atoms with E-state index in [1.165, 1.54) is 23.9 Å². The first-order valence-electron chi connectivity index (χ1n) is 9.18. The summed E-state index contributed by atoms with van der Waals surface area (Å²) in [6, 6.07) is 12.6. The Morgan fingerprint density at radius 2 is 2.07 bits per heavy atom. The van der Waals surface area contributed by atoms with Gasteiger partial charge in [0.1, 0.15) is 17.1 Å². The van der Waals surface area contributed by atoms with Gasteiger partial charge >= 0.3 is 5.63 Å². The quantitative estimate of drug-likeness (QED) is 0.373. The zero-order valence-electron chi connectivity index (χ0n) is 16.1.